The van der Waals surface area contributed by atoms with Crippen molar-refractivity contribution < 1.29 is 23.6 Å². The minimum atomic E-state index is -1.43. The SMILES string of the molecule is Cc1ccc2c(c1C)NC(=O)[C@@]21N[C@H](CCC(N)=O)[C@H]2C(=O)N(Cc3ccc(F)cc3)C(=O)[C@H]21. The summed E-state index contributed by atoms with van der Waals surface area (Å²) in [6, 6.07) is 8.69. The van der Waals surface area contributed by atoms with Crippen molar-refractivity contribution in [3.8, 4) is 0 Å². The van der Waals surface area contributed by atoms with Crippen molar-refractivity contribution >= 4 is 29.3 Å². The second-order valence-electron chi connectivity index (χ2n) is 9.34. The molecule has 4 amide bonds. The highest BCUT2D eigenvalue weighted by Gasteiger charge is 2.70. The third-order valence-electron chi connectivity index (χ3n) is 7.47. The van der Waals surface area contributed by atoms with Gasteiger partial charge in [0.15, 0.2) is 0 Å². The normalized spacial score (nSPS) is 27.3. The van der Waals surface area contributed by atoms with Gasteiger partial charge in [0.25, 0.3) is 0 Å². The number of rotatable bonds is 5. The van der Waals surface area contributed by atoms with E-state index in [4.69, 9.17) is 5.73 Å². The van der Waals surface area contributed by atoms with Gasteiger partial charge >= 0.3 is 0 Å². The van der Waals surface area contributed by atoms with Crippen molar-refractivity contribution in [2.24, 2.45) is 17.6 Å². The first-order valence-electron chi connectivity index (χ1n) is 11.2. The van der Waals surface area contributed by atoms with E-state index in [1.807, 2.05) is 26.0 Å². The van der Waals surface area contributed by atoms with Crippen molar-refractivity contribution in [2.45, 2.75) is 44.8 Å². The Kier molecular flexibility index (Phi) is 5.05. The molecule has 8 nitrogen and oxygen atoms in total. The van der Waals surface area contributed by atoms with Gasteiger partial charge in [-0.1, -0.05) is 24.3 Å². The molecule has 2 saturated heterocycles. The Labute approximate surface area is 195 Å². The molecular weight excluding hydrogens is 439 g/mol. The predicted octanol–water partition coefficient (Wildman–Crippen LogP) is 1.63. The molecule has 0 bridgehead atoms. The smallest absolute Gasteiger partial charge is 0.250 e. The third-order valence-corrected chi connectivity index (χ3v) is 7.47. The van der Waals surface area contributed by atoms with Gasteiger partial charge in [-0.25, -0.2) is 4.39 Å². The molecule has 1 spiro atoms. The molecule has 0 unspecified atom stereocenters. The Morgan fingerprint density at radius 1 is 1.09 bits per heavy atom. The standard InChI is InChI=1S/C25H25FN4O4/c1-12-3-8-16-21(13(12)2)28-24(34)25(16)20-19(17(29-25)9-10-18(27)31)22(32)30(23(20)33)11-14-4-6-15(26)7-5-14/h3-8,17,19-20,29H,9-11H2,1-2H3,(H2,27,31)(H,28,34)/t17-,19-,20+,25-/m1/s1. The molecular formula is C25H25FN4O4. The van der Waals surface area contributed by atoms with Gasteiger partial charge in [-0.3, -0.25) is 29.4 Å². The quantitative estimate of drug-likeness (QED) is 0.581. The van der Waals surface area contributed by atoms with Crippen LogP contribution in [0.3, 0.4) is 0 Å². The Morgan fingerprint density at radius 2 is 1.79 bits per heavy atom. The number of nitrogens with two attached hydrogens (primary N) is 1. The molecule has 9 heteroatoms. The van der Waals surface area contributed by atoms with E-state index in [1.165, 1.54) is 24.3 Å². The molecule has 4 N–H and O–H groups in total. The maximum Gasteiger partial charge on any atom is 0.250 e. The molecule has 34 heavy (non-hydrogen) atoms. The summed E-state index contributed by atoms with van der Waals surface area (Å²) in [5.41, 5.74) is 7.68. The Morgan fingerprint density at radius 3 is 2.47 bits per heavy atom. The summed E-state index contributed by atoms with van der Waals surface area (Å²) >= 11 is 0. The highest BCUT2D eigenvalue weighted by atomic mass is 19.1. The number of benzene rings is 2. The molecule has 2 aromatic rings. The second-order valence-corrected chi connectivity index (χ2v) is 9.34. The van der Waals surface area contributed by atoms with E-state index in [0.29, 0.717) is 16.8 Å². The Hall–Kier alpha value is -3.59. The van der Waals surface area contributed by atoms with Gasteiger partial charge in [0, 0.05) is 23.7 Å². The number of halogens is 1. The van der Waals surface area contributed by atoms with Gasteiger partial charge in [0.1, 0.15) is 11.4 Å². The van der Waals surface area contributed by atoms with Crippen LogP contribution >= 0.6 is 0 Å². The summed E-state index contributed by atoms with van der Waals surface area (Å²) < 4.78 is 13.3. The number of primary amides is 1. The molecule has 4 atom stereocenters. The molecule has 2 aromatic carbocycles. The number of imide groups is 1. The first-order valence-corrected chi connectivity index (χ1v) is 11.2. The minimum Gasteiger partial charge on any atom is -0.370 e. The van der Waals surface area contributed by atoms with Crippen molar-refractivity contribution in [1.29, 1.82) is 0 Å². The average molecular weight is 464 g/mol. The van der Waals surface area contributed by atoms with E-state index in [0.717, 1.165) is 16.0 Å². The number of nitrogens with zero attached hydrogens (tertiary/aromatic N) is 1. The summed E-state index contributed by atoms with van der Waals surface area (Å²) in [6.45, 7) is 3.81. The molecule has 5 rings (SSSR count). The van der Waals surface area contributed by atoms with Crippen LogP contribution in [0.1, 0.15) is 35.1 Å². The number of aryl methyl sites for hydroxylation is 1. The lowest BCUT2D eigenvalue weighted by Gasteiger charge is -2.29. The lowest BCUT2D eigenvalue weighted by molar-refractivity contribution is -0.143. The van der Waals surface area contributed by atoms with Crippen LogP contribution in [0.25, 0.3) is 0 Å². The van der Waals surface area contributed by atoms with Crippen LogP contribution < -0.4 is 16.4 Å². The monoisotopic (exact) mass is 464 g/mol. The van der Waals surface area contributed by atoms with E-state index in [-0.39, 0.29) is 19.4 Å². The maximum absolute atomic E-state index is 13.7. The highest BCUT2D eigenvalue weighted by Crippen LogP contribution is 2.54. The van der Waals surface area contributed by atoms with E-state index in [2.05, 4.69) is 10.6 Å². The maximum atomic E-state index is 13.7. The van der Waals surface area contributed by atoms with Crippen molar-refractivity contribution in [3.63, 3.8) is 0 Å². The number of nitrogens with one attached hydrogen (secondary N) is 2. The van der Waals surface area contributed by atoms with Crippen LogP contribution in [0.5, 0.6) is 0 Å². The molecule has 3 aliphatic rings. The highest BCUT2D eigenvalue weighted by molar-refractivity contribution is 6.15. The van der Waals surface area contributed by atoms with Gasteiger partial charge in [-0.05, 0) is 49.1 Å². The largest absolute Gasteiger partial charge is 0.370 e. The fourth-order valence-corrected chi connectivity index (χ4v) is 5.65. The van der Waals surface area contributed by atoms with Gasteiger partial charge in [0.2, 0.25) is 23.6 Å². The molecule has 0 radical (unpaired) electrons. The van der Waals surface area contributed by atoms with Gasteiger partial charge in [0.05, 0.1) is 18.4 Å². The molecule has 3 aliphatic heterocycles. The van der Waals surface area contributed by atoms with Crippen LogP contribution in [-0.4, -0.2) is 34.6 Å². The van der Waals surface area contributed by atoms with Crippen molar-refractivity contribution in [2.75, 3.05) is 5.32 Å². The Balaban J connectivity index is 1.59. The van der Waals surface area contributed by atoms with E-state index >= 15 is 0 Å². The first kappa shape index (κ1) is 22.2. The molecule has 2 fully saturated rings. The number of carbonyl (C=O) groups is 4. The van der Waals surface area contributed by atoms with Crippen LogP contribution in [0.2, 0.25) is 0 Å². The van der Waals surface area contributed by atoms with Crippen LogP contribution in [0.15, 0.2) is 36.4 Å². The number of carbonyl (C=O) groups excluding carboxylic acids is 4. The fourth-order valence-electron chi connectivity index (χ4n) is 5.65. The predicted molar refractivity (Wildman–Crippen MR) is 121 cm³/mol. The summed E-state index contributed by atoms with van der Waals surface area (Å²) in [7, 11) is 0. The van der Waals surface area contributed by atoms with Gasteiger partial charge < -0.3 is 11.1 Å². The third kappa shape index (κ3) is 3.07. The number of hydrogen-bond acceptors (Lipinski definition) is 5. The molecule has 3 heterocycles. The Bertz CT molecular complexity index is 1240. The van der Waals surface area contributed by atoms with E-state index in [9.17, 15) is 23.6 Å². The lowest BCUT2D eigenvalue weighted by Crippen LogP contribution is -2.53. The number of hydrogen-bond donors (Lipinski definition) is 3. The summed E-state index contributed by atoms with van der Waals surface area (Å²) in [4.78, 5) is 53.5. The van der Waals surface area contributed by atoms with Crippen molar-refractivity contribution in [1.82, 2.24) is 10.2 Å². The van der Waals surface area contributed by atoms with E-state index in [1.54, 1.807) is 0 Å². The summed E-state index contributed by atoms with van der Waals surface area (Å²) in [6.07, 6.45) is 0.229. The zero-order chi connectivity index (χ0) is 24.4. The van der Waals surface area contributed by atoms with Crippen LogP contribution in [0, 0.1) is 31.5 Å². The first-order chi connectivity index (χ1) is 16.1. The minimum absolute atomic E-state index is 0.0117. The van der Waals surface area contributed by atoms with Gasteiger partial charge in [-0.2, -0.15) is 0 Å². The number of anilines is 1. The van der Waals surface area contributed by atoms with Crippen LogP contribution in [-0.2, 0) is 31.3 Å². The second kappa shape index (κ2) is 7.73. The fraction of sp³-hybridized carbons (Fsp3) is 0.360. The van der Waals surface area contributed by atoms with Gasteiger partial charge in [-0.15, -0.1) is 0 Å². The van der Waals surface area contributed by atoms with E-state index < -0.39 is 52.9 Å². The number of amides is 4. The molecule has 0 saturated carbocycles. The molecule has 176 valence electrons. The average Bonchev–Trinajstić information content (AvgIpc) is 3.37. The number of likely N-dealkylation sites (tertiary alicyclic amines) is 1. The zero-order valence-corrected chi connectivity index (χ0v) is 18.9. The van der Waals surface area contributed by atoms with Crippen molar-refractivity contribution in [3.05, 3.63) is 64.5 Å². The van der Waals surface area contributed by atoms with Crippen LogP contribution in [0.4, 0.5) is 10.1 Å². The zero-order valence-electron chi connectivity index (χ0n) is 18.9. The molecule has 0 aliphatic carbocycles. The lowest BCUT2D eigenvalue weighted by atomic mass is 9.76. The summed E-state index contributed by atoms with van der Waals surface area (Å²) in [5.74, 6) is -4.01. The topological polar surface area (TPSA) is 122 Å². The summed E-state index contributed by atoms with van der Waals surface area (Å²) in [5, 5.41) is 6.22. The molecule has 0 aromatic heterocycles. The number of fused-ring (bicyclic) bond motifs is 4.